The fraction of sp³-hybridized carbons (Fsp3) is 0.917. The largest absolute Gasteiger partial charge is 0.409 e. The standard InChI is InChI=1S/C12H26N4O/c1-10(11(13)15-17)8-14-9-12(16(2)3)6-4-5-7-12/h10,14,17H,4-9H2,1-3H3,(H2,13,15). The van der Waals surface area contributed by atoms with E-state index in [2.05, 4.69) is 29.5 Å². The zero-order valence-corrected chi connectivity index (χ0v) is 11.2. The molecule has 0 radical (unpaired) electrons. The van der Waals surface area contributed by atoms with Crippen LogP contribution >= 0.6 is 0 Å². The Bertz CT molecular complexity index is 259. The predicted molar refractivity (Wildman–Crippen MR) is 70.3 cm³/mol. The Balaban J connectivity index is 2.38. The summed E-state index contributed by atoms with van der Waals surface area (Å²) >= 11 is 0. The molecule has 0 bridgehead atoms. The van der Waals surface area contributed by atoms with Crippen LogP contribution < -0.4 is 11.1 Å². The molecule has 1 unspecified atom stereocenters. The van der Waals surface area contributed by atoms with Gasteiger partial charge >= 0.3 is 0 Å². The van der Waals surface area contributed by atoms with E-state index in [1.165, 1.54) is 25.7 Å². The van der Waals surface area contributed by atoms with E-state index in [1.807, 2.05) is 6.92 Å². The maximum Gasteiger partial charge on any atom is 0.143 e. The van der Waals surface area contributed by atoms with Crippen molar-refractivity contribution in [3.8, 4) is 0 Å². The molecule has 0 aliphatic heterocycles. The first-order valence-electron chi connectivity index (χ1n) is 6.37. The summed E-state index contributed by atoms with van der Waals surface area (Å²) in [6.45, 7) is 3.69. The lowest BCUT2D eigenvalue weighted by molar-refractivity contribution is 0.153. The highest BCUT2D eigenvalue weighted by Crippen LogP contribution is 2.33. The van der Waals surface area contributed by atoms with E-state index < -0.39 is 0 Å². The molecule has 4 N–H and O–H groups in total. The van der Waals surface area contributed by atoms with Gasteiger partial charge in [-0.15, -0.1) is 0 Å². The van der Waals surface area contributed by atoms with Crippen LogP contribution in [0, 0.1) is 5.92 Å². The van der Waals surface area contributed by atoms with Gasteiger partial charge < -0.3 is 21.2 Å². The number of likely N-dealkylation sites (N-methyl/N-ethyl adjacent to an activating group) is 1. The molecule has 5 nitrogen and oxygen atoms in total. The summed E-state index contributed by atoms with van der Waals surface area (Å²) in [5.41, 5.74) is 5.85. The highest BCUT2D eigenvalue weighted by molar-refractivity contribution is 5.82. The van der Waals surface area contributed by atoms with Crippen molar-refractivity contribution in [1.82, 2.24) is 10.2 Å². The molecule has 1 fully saturated rings. The lowest BCUT2D eigenvalue weighted by Crippen LogP contribution is -2.50. The molecule has 17 heavy (non-hydrogen) atoms. The van der Waals surface area contributed by atoms with Gasteiger partial charge in [0.1, 0.15) is 5.84 Å². The Morgan fingerprint density at radius 1 is 1.47 bits per heavy atom. The van der Waals surface area contributed by atoms with E-state index in [4.69, 9.17) is 10.9 Å². The van der Waals surface area contributed by atoms with Crippen LogP contribution in [0.2, 0.25) is 0 Å². The van der Waals surface area contributed by atoms with Crippen LogP contribution in [0.15, 0.2) is 5.16 Å². The Morgan fingerprint density at radius 3 is 2.53 bits per heavy atom. The number of rotatable bonds is 6. The molecule has 0 spiro atoms. The summed E-state index contributed by atoms with van der Waals surface area (Å²) in [5, 5.41) is 15.1. The molecule has 1 rings (SSSR count). The first kappa shape index (κ1) is 14.3. The SMILES string of the molecule is CC(CNCC1(N(C)C)CCCC1)C(N)=NO. The van der Waals surface area contributed by atoms with Crippen LogP contribution in [-0.2, 0) is 0 Å². The van der Waals surface area contributed by atoms with Gasteiger partial charge in [-0.2, -0.15) is 0 Å². The van der Waals surface area contributed by atoms with Crippen LogP contribution in [0.5, 0.6) is 0 Å². The summed E-state index contributed by atoms with van der Waals surface area (Å²) in [7, 11) is 4.31. The minimum Gasteiger partial charge on any atom is -0.409 e. The van der Waals surface area contributed by atoms with Crippen LogP contribution in [0.25, 0.3) is 0 Å². The summed E-state index contributed by atoms with van der Waals surface area (Å²) in [6, 6.07) is 0. The third kappa shape index (κ3) is 3.57. The van der Waals surface area contributed by atoms with Crippen molar-refractivity contribution in [3.05, 3.63) is 0 Å². The second kappa shape index (κ2) is 6.21. The number of hydrogen-bond donors (Lipinski definition) is 3. The number of hydrogen-bond acceptors (Lipinski definition) is 4. The Morgan fingerprint density at radius 2 is 2.06 bits per heavy atom. The minimum absolute atomic E-state index is 0.0700. The molecular weight excluding hydrogens is 216 g/mol. The molecular formula is C12H26N4O. The van der Waals surface area contributed by atoms with Gasteiger partial charge in [0.05, 0.1) is 0 Å². The average Bonchev–Trinajstić information content (AvgIpc) is 2.77. The van der Waals surface area contributed by atoms with Crippen molar-refractivity contribution in [2.45, 2.75) is 38.1 Å². The number of nitrogens with zero attached hydrogens (tertiary/aromatic N) is 2. The van der Waals surface area contributed by atoms with E-state index >= 15 is 0 Å². The van der Waals surface area contributed by atoms with Crippen LogP contribution in [-0.4, -0.2) is 48.7 Å². The molecule has 1 aliphatic rings. The van der Waals surface area contributed by atoms with Gasteiger partial charge in [0.25, 0.3) is 0 Å². The van der Waals surface area contributed by atoms with Crippen LogP contribution in [0.1, 0.15) is 32.6 Å². The highest BCUT2D eigenvalue weighted by Gasteiger charge is 2.35. The molecule has 0 heterocycles. The van der Waals surface area contributed by atoms with Crippen molar-refractivity contribution in [2.75, 3.05) is 27.2 Å². The van der Waals surface area contributed by atoms with Gasteiger partial charge in [0, 0.05) is 24.5 Å². The normalized spacial score (nSPS) is 22.0. The zero-order valence-electron chi connectivity index (χ0n) is 11.2. The molecule has 0 saturated heterocycles. The summed E-state index contributed by atoms with van der Waals surface area (Å²) in [5.74, 6) is 0.364. The van der Waals surface area contributed by atoms with Crippen molar-refractivity contribution in [2.24, 2.45) is 16.8 Å². The molecule has 1 aliphatic carbocycles. The summed E-state index contributed by atoms with van der Waals surface area (Å²) in [4.78, 5) is 2.33. The fourth-order valence-corrected chi connectivity index (χ4v) is 2.54. The molecule has 0 amide bonds. The molecule has 100 valence electrons. The highest BCUT2D eigenvalue weighted by atomic mass is 16.4. The molecule has 1 atom stereocenters. The van der Waals surface area contributed by atoms with Crippen molar-refractivity contribution >= 4 is 5.84 Å². The maximum absolute atomic E-state index is 8.58. The second-order valence-corrected chi connectivity index (χ2v) is 5.38. The van der Waals surface area contributed by atoms with E-state index in [-0.39, 0.29) is 5.92 Å². The Hall–Kier alpha value is -0.810. The van der Waals surface area contributed by atoms with Gasteiger partial charge in [0.2, 0.25) is 0 Å². The maximum atomic E-state index is 8.58. The molecule has 1 saturated carbocycles. The number of nitrogens with two attached hydrogens (primary N) is 1. The van der Waals surface area contributed by atoms with E-state index in [9.17, 15) is 0 Å². The fourth-order valence-electron chi connectivity index (χ4n) is 2.54. The topological polar surface area (TPSA) is 73.9 Å². The van der Waals surface area contributed by atoms with Crippen LogP contribution in [0.4, 0.5) is 0 Å². The van der Waals surface area contributed by atoms with Gasteiger partial charge in [-0.3, -0.25) is 0 Å². The van der Waals surface area contributed by atoms with E-state index in [1.54, 1.807) is 0 Å². The monoisotopic (exact) mass is 242 g/mol. The third-order valence-electron chi connectivity index (χ3n) is 4.01. The van der Waals surface area contributed by atoms with Gasteiger partial charge in [-0.1, -0.05) is 24.9 Å². The predicted octanol–water partition coefficient (Wildman–Crippen LogP) is 0.833. The number of oxime groups is 1. The van der Waals surface area contributed by atoms with Gasteiger partial charge in [-0.05, 0) is 26.9 Å². The minimum atomic E-state index is 0.0700. The number of nitrogens with one attached hydrogen (secondary N) is 1. The first-order chi connectivity index (χ1) is 8.02. The Labute approximate surface area is 104 Å². The molecule has 0 aromatic carbocycles. The average molecular weight is 242 g/mol. The first-order valence-corrected chi connectivity index (χ1v) is 6.37. The quantitative estimate of drug-likeness (QED) is 0.279. The zero-order chi connectivity index (χ0) is 12.9. The third-order valence-corrected chi connectivity index (χ3v) is 4.01. The van der Waals surface area contributed by atoms with Gasteiger partial charge in [-0.25, -0.2) is 0 Å². The van der Waals surface area contributed by atoms with E-state index in [0.29, 0.717) is 11.4 Å². The smallest absolute Gasteiger partial charge is 0.143 e. The van der Waals surface area contributed by atoms with Crippen molar-refractivity contribution < 1.29 is 5.21 Å². The number of amidine groups is 1. The van der Waals surface area contributed by atoms with Crippen LogP contribution in [0.3, 0.4) is 0 Å². The summed E-state index contributed by atoms with van der Waals surface area (Å²) < 4.78 is 0. The lowest BCUT2D eigenvalue weighted by Gasteiger charge is -2.37. The van der Waals surface area contributed by atoms with Crippen molar-refractivity contribution in [3.63, 3.8) is 0 Å². The van der Waals surface area contributed by atoms with Gasteiger partial charge in [0.15, 0.2) is 0 Å². The van der Waals surface area contributed by atoms with Crippen molar-refractivity contribution in [1.29, 1.82) is 0 Å². The molecule has 0 aromatic rings. The molecule has 0 aromatic heterocycles. The lowest BCUT2D eigenvalue weighted by atomic mass is 9.95. The summed E-state index contributed by atoms with van der Waals surface area (Å²) in [6.07, 6.45) is 5.14. The second-order valence-electron chi connectivity index (χ2n) is 5.38. The van der Waals surface area contributed by atoms with E-state index in [0.717, 1.165) is 13.1 Å². The molecule has 5 heteroatoms. The Kier molecular flexibility index (Phi) is 5.21.